The molecule has 15 heteroatoms. The lowest BCUT2D eigenvalue weighted by molar-refractivity contribution is -0.169. The Bertz CT molecular complexity index is 2220. The van der Waals surface area contributed by atoms with Crippen LogP contribution in [-0.2, 0) is 71.2 Å². The summed E-state index contributed by atoms with van der Waals surface area (Å²) >= 11 is 0. The molecule has 3 aliphatic heterocycles. The van der Waals surface area contributed by atoms with Gasteiger partial charge in [0.1, 0.15) is 13.2 Å². The van der Waals surface area contributed by atoms with Crippen LogP contribution in [0, 0.1) is 112 Å². The first-order valence-electron chi connectivity index (χ1n) is 33.4. The first-order chi connectivity index (χ1) is 40.1. The normalized spacial score (nSPS) is 49.0. The van der Waals surface area contributed by atoms with Gasteiger partial charge in [-0.15, -0.1) is 0 Å². The summed E-state index contributed by atoms with van der Waals surface area (Å²) in [6, 6.07) is 0. The highest BCUT2D eigenvalue weighted by molar-refractivity contribution is 6.05. The van der Waals surface area contributed by atoms with Gasteiger partial charge >= 0.3 is 11.9 Å². The molecule has 0 radical (unpaired) electrons. The van der Waals surface area contributed by atoms with Crippen LogP contribution in [-0.4, -0.2) is 168 Å². The molecule has 17 rings (SSSR count). The van der Waals surface area contributed by atoms with E-state index in [1.54, 1.807) is 0 Å². The van der Waals surface area contributed by atoms with Crippen LogP contribution in [0.4, 0.5) is 0 Å². The van der Waals surface area contributed by atoms with Gasteiger partial charge in [0.05, 0.1) is 143 Å². The van der Waals surface area contributed by atoms with Crippen LogP contribution in [0.2, 0.25) is 0 Å². The highest BCUT2D eigenvalue weighted by Gasteiger charge is 2.87. The maximum atomic E-state index is 15.2. The second-order valence-electron chi connectivity index (χ2n) is 27.9. The molecule has 14 aliphatic carbocycles. The average Bonchev–Trinajstić information content (AvgIpc) is 1.52. The van der Waals surface area contributed by atoms with E-state index in [1.165, 1.54) is 44.9 Å². The third-order valence-electron chi connectivity index (χ3n) is 25.0. The molecule has 0 aromatic rings. The summed E-state index contributed by atoms with van der Waals surface area (Å²) < 4.78 is 78.1. The highest BCUT2D eigenvalue weighted by atomic mass is 16.6. The molecule has 3 saturated heterocycles. The Hall–Kier alpha value is -2.02. The Morgan fingerprint density at radius 3 is 1.17 bits per heavy atom. The van der Waals surface area contributed by atoms with Crippen LogP contribution in [0.1, 0.15) is 109 Å². The maximum Gasteiger partial charge on any atom is 0.324 e. The molecule has 15 nitrogen and oxygen atoms in total. The first kappa shape index (κ1) is 55.6. The van der Waals surface area contributed by atoms with Gasteiger partial charge < -0.3 is 61.6 Å². The molecule has 17 aliphatic rings. The van der Waals surface area contributed by atoms with Crippen LogP contribution in [0.5, 0.6) is 0 Å². The highest BCUT2D eigenvalue weighted by Crippen LogP contribution is 2.87. The lowest BCUT2D eigenvalue weighted by atomic mass is 9.46. The topological polar surface area (TPSA) is 154 Å². The molecule has 14 fully saturated rings. The molecule has 0 N–H and O–H groups in total. The van der Waals surface area contributed by atoms with Crippen molar-refractivity contribution in [3.8, 4) is 0 Å². The molecule has 18 atom stereocenters. The molecule has 450 valence electrons. The van der Waals surface area contributed by atoms with E-state index in [-0.39, 0.29) is 74.6 Å². The Morgan fingerprint density at radius 1 is 0.296 bits per heavy atom. The van der Waals surface area contributed by atoms with E-state index < -0.39 is 5.41 Å². The Morgan fingerprint density at radius 2 is 0.679 bits per heavy atom. The number of allylic oxidation sites excluding steroid dienone is 4. The maximum absolute atomic E-state index is 15.2. The summed E-state index contributed by atoms with van der Waals surface area (Å²) in [4.78, 5) is 30.5. The monoisotopic (exact) mass is 1130 g/mol. The number of esters is 2. The number of carbonyl (C=O) groups is 2. The van der Waals surface area contributed by atoms with E-state index in [1.807, 2.05) is 22.3 Å². The van der Waals surface area contributed by atoms with Crippen molar-refractivity contribution in [2.75, 3.05) is 132 Å². The predicted octanol–water partition coefficient (Wildman–Crippen LogP) is 8.24. The smallest absolute Gasteiger partial charge is 0.324 e. The lowest BCUT2D eigenvalue weighted by Crippen LogP contribution is -2.54. The third kappa shape index (κ3) is 9.92. The zero-order chi connectivity index (χ0) is 54.0. The molecular formula is C66H96O15. The van der Waals surface area contributed by atoms with Gasteiger partial charge in [-0.1, -0.05) is 11.1 Å². The zero-order valence-corrected chi connectivity index (χ0v) is 48.5. The van der Waals surface area contributed by atoms with Crippen molar-refractivity contribution >= 4 is 11.9 Å². The fourth-order valence-corrected chi connectivity index (χ4v) is 22.9. The van der Waals surface area contributed by atoms with Crippen molar-refractivity contribution in [2.45, 2.75) is 134 Å². The number of ether oxygens (including phenoxy) is 13. The molecule has 1 spiro atoms. The summed E-state index contributed by atoms with van der Waals surface area (Å²) in [5.41, 5.74) is 6.32. The largest absolute Gasteiger partial charge is 0.462 e. The molecule has 0 amide bonds. The van der Waals surface area contributed by atoms with Crippen molar-refractivity contribution < 1.29 is 71.2 Å². The zero-order valence-electron chi connectivity index (χ0n) is 48.5. The van der Waals surface area contributed by atoms with Crippen LogP contribution >= 0.6 is 0 Å². The number of fused-ring (bicyclic) bond motifs is 6. The van der Waals surface area contributed by atoms with Crippen LogP contribution in [0.15, 0.2) is 22.3 Å². The molecule has 81 heavy (non-hydrogen) atoms. The van der Waals surface area contributed by atoms with Crippen molar-refractivity contribution in [1.29, 1.82) is 0 Å². The Balaban J connectivity index is 0.592. The second kappa shape index (κ2) is 24.3. The number of carbonyl (C=O) groups excluding carboxylic acids is 2. The van der Waals surface area contributed by atoms with Crippen LogP contribution < -0.4 is 0 Å². The van der Waals surface area contributed by atoms with Crippen molar-refractivity contribution in [2.24, 2.45) is 112 Å². The minimum absolute atomic E-state index is 0.0193. The molecule has 4 bridgehead atoms. The summed E-state index contributed by atoms with van der Waals surface area (Å²) in [5, 5.41) is 0. The van der Waals surface area contributed by atoms with Gasteiger partial charge in [0, 0.05) is 0 Å². The summed E-state index contributed by atoms with van der Waals surface area (Å²) in [5.74, 6) is 11.2. The molecule has 11 saturated carbocycles. The van der Waals surface area contributed by atoms with E-state index in [0.717, 1.165) is 129 Å². The molecular weight excluding hydrogens is 1030 g/mol. The van der Waals surface area contributed by atoms with Gasteiger partial charge in [0.15, 0.2) is 5.41 Å². The minimum Gasteiger partial charge on any atom is -0.462 e. The van der Waals surface area contributed by atoms with E-state index >= 15 is 9.59 Å². The third-order valence-corrected chi connectivity index (χ3v) is 25.0. The molecule has 0 aromatic heterocycles. The van der Waals surface area contributed by atoms with E-state index in [4.69, 9.17) is 61.6 Å². The standard InChI is InChI=1S/C66H96O15/c67-64-66(62-48-14-13-47-46-12-3-38-1-2-39-35-40-36-41-37-49(63(62)66)57-56(48)55(47)61-59(57)53(41)52(40)58-51(39)50(38)54(46)60(58)61)65(68)81-34-28-75-22-20-73-26-32-79-45-10-6-43(7-11-45)77-30-24-71-18-16-69-15-17-70-23-29-76-42-4-8-44(9-5-42)78-31-25-72-19-21-74-27-33-80-64/h38-45,48-53,56-63H,1-37H2. The second-order valence-corrected chi connectivity index (χ2v) is 27.9. The van der Waals surface area contributed by atoms with E-state index in [9.17, 15) is 0 Å². The predicted molar refractivity (Wildman–Crippen MR) is 294 cm³/mol. The molecule has 0 aromatic carbocycles. The minimum atomic E-state index is -1.27. The number of hydrogen-bond acceptors (Lipinski definition) is 15. The van der Waals surface area contributed by atoms with Crippen molar-refractivity contribution in [3.63, 3.8) is 0 Å². The van der Waals surface area contributed by atoms with Gasteiger partial charge in [0.2, 0.25) is 0 Å². The van der Waals surface area contributed by atoms with Crippen LogP contribution in [0.25, 0.3) is 0 Å². The van der Waals surface area contributed by atoms with Crippen LogP contribution in [0.3, 0.4) is 0 Å². The Labute approximate surface area is 481 Å². The van der Waals surface area contributed by atoms with Gasteiger partial charge in [-0.2, -0.15) is 0 Å². The SMILES string of the molecule is O=C1OCCOCCOCCOC2CCC(CC2)OCCOCCOCCOCCOC2CCC(CC2)OCCOCCOCCOC(=O)C12C1C3CCC4=C5C3C3C(CC6CC7CC8CCC9CCC4=C4C9C8C8C4C5C3C6C78)C12. The number of rotatable bonds is 0. The number of hydrogen-bond donors (Lipinski definition) is 0. The fourth-order valence-electron chi connectivity index (χ4n) is 22.9. The summed E-state index contributed by atoms with van der Waals surface area (Å²) in [6.07, 6.45) is 20.7. The van der Waals surface area contributed by atoms with Gasteiger partial charge in [0.25, 0.3) is 0 Å². The lowest BCUT2D eigenvalue weighted by Gasteiger charge is -2.58. The summed E-state index contributed by atoms with van der Waals surface area (Å²) in [7, 11) is 0. The average molecular weight is 1130 g/mol. The van der Waals surface area contributed by atoms with E-state index in [2.05, 4.69) is 0 Å². The first-order valence-corrected chi connectivity index (χ1v) is 33.4. The molecule has 18 unspecified atom stereocenters. The van der Waals surface area contributed by atoms with E-state index in [0.29, 0.717) is 135 Å². The van der Waals surface area contributed by atoms with Crippen molar-refractivity contribution in [3.05, 3.63) is 22.3 Å². The van der Waals surface area contributed by atoms with Gasteiger partial charge in [-0.25, -0.2) is 0 Å². The van der Waals surface area contributed by atoms with Gasteiger partial charge in [-0.3, -0.25) is 9.59 Å². The molecule has 3 heterocycles. The van der Waals surface area contributed by atoms with Crippen molar-refractivity contribution in [1.82, 2.24) is 0 Å². The quantitative estimate of drug-likeness (QED) is 0.169. The van der Waals surface area contributed by atoms with Gasteiger partial charge in [-0.05, 0) is 227 Å². The fraction of sp³-hybridized carbons (Fsp3) is 0.909. The summed E-state index contributed by atoms with van der Waals surface area (Å²) in [6.45, 7) is 8.82. The Kier molecular flexibility index (Phi) is 16.6.